The molecule has 59 heavy (non-hydrogen) atoms. The summed E-state index contributed by atoms with van der Waals surface area (Å²) in [5.74, 6) is -1.56. The van der Waals surface area contributed by atoms with Gasteiger partial charge in [0.15, 0.2) is 6.10 Å². The van der Waals surface area contributed by atoms with E-state index in [9.17, 15) is 19.8 Å². The van der Waals surface area contributed by atoms with Gasteiger partial charge in [0.1, 0.15) is 11.2 Å². The monoisotopic (exact) mass is 810 g/mol. The van der Waals surface area contributed by atoms with Crippen molar-refractivity contribution >= 4 is 34.5 Å². The van der Waals surface area contributed by atoms with Crippen LogP contribution in [-0.4, -0.2) is 133 Å². The van der Waals surface area contributed by atoms with Crippen molar-refractivity contribution in [1.82, 2.24) is 14.8 Å². The van der Waals surface area contributed by atoms with E-state index >= 15 is 4.79 Å². The molecule has 1 saturated carbocycles. The van der Waals surface area contributed by atoms with Crippen LogP contribution >= 0.6 is 0 Å². The number of ether oxygens (including phenoxy) is 4. The van der Waals surface area contributed by atoms with Crippen LogP contribution in [0.15, 0.2) is 48.6 Å². The number of nitrogens with one attached hydrogen (secondary N) is 1. The van der Waals surface area contributed by atoms with Crippen LogP contribution in [0.1, 0.15) is 75.3 Å². The van der Waals surface area contributed by atoms with Gasteiger partial charge in [0.2, 0.25) is 5.60 Å². The zero-order valence-corrected chi connectivity index (χ0v) is 35.3. The summed E-state index contributed by atoms with van der Waals surface area (Å²) in [4.78, 5) is 53.2. The molecule has 0 radical (unpaired) electrons. The molecule has 2 saturated heterocycles. The molecular weight excluding hydrogens is 753 g/mol. The van der Waals surface area contributed by atoms with Gasteiger partial charge in [0.25, 0.3) is 0 Å². The van der Waals surface area contributed by atoms with Crippen LogP contribution in [0.2, 0.25) is 0 Å². The van der Waals surface area contributed by atoms with Crippen LogP contribution in [-0.2, 0) is 45.8 Å². The van der Waals surface area contributed by atoms with E-state index in [0.29, 0.717) is 82.6 Å². The van der Waals surface area contributed by atoms with Crippen LogP contribution in [0, 0.1) is 11.3 Å². The molecule has 9 rings (SSSR count). The third-order valence-corrected chi connectivity index (χ3v) is 15.6. The number of hydrogen-bond donors (Lipinski definition) is 3. The lowest BCUT2D eigenvalue weighted by Gasteiger charge is -2.63. The van der Waals surface area contributed by atoms with Crippen LogP contribution < -0.4 is 9.64 Å². The number of anilines is 1. The van der Waals surface area contributed by atoms with Gasteiger partial charge in [-0.3, -0.25) is 19.4 Å². The summed E-state index contributed by atoms with van der Waals surface area (Å²) in [7, 11) is 6.15. The lowest BCUT2D eigenvalue weighted by atomic mass is 9.47. The van der Waals surface area contributed by atoms with Gasteiger partial charge in [-0.1, -0.05) is 44.2 Å². The van der Waals surface area contributed by atoms with Gasteiger partial charge in [0, 0.05) is 90.9 Å². The minimum Gasteiger partial charge on any atom is -0.496 e. The van der Waals surface area contributed by atoms with Gasteiger partial charge in [-0.2, -0.15) is 0 Å². The first-order valence-corrected chi connectivity index (χ1v) is 21.2. The second kappa shape index (κ2) is 13.8. The fourth-order valence-electron chi connectivity index (χ4n) is 13.5. The first-order valence-electron chi connectivity index (χ1n) is 21.2. The maximum atomic E-state index is 15.3. The summed E-state index contributed by atoms with van der Waals surface area (Å²) < 4.78 is 23.9. The van der Waals surface area contributed by atoms with Gasteiger partial charge < -0.3 is 39.0 Å². The van der Waals surface area contributed by atoms with Crippen molar-refractivity contribution in [2.45, 2.75) is 99.5 Å². The SMILES string of the molecule is CC[C@@]1(O)C[C@H]2CN(CCc3c([nH]c4ccccc34)[C@@](C(=O)OC)(c3cc4c(cc3OC)N(C)[C@H]3[C@@](O)(C(=O)OC)[C@H](OC(C)=O)[C@]5(CC)C=CCN6CC[C@]43[C@H]65)C2)C1. The molecule has 316 valence electrons. The molecule has 2 aromatic carbocycles. The Morgan fingerprint density at radius 1 is 0.949 bits per heavy atom. The first-order chi connectivity index (χ1) is 28.2. The summed E-state index contributed by atoms with van der Waals surface area (Å²) in [5, 5.41) is 26.3. The molecule has 1 aliphatic carbocycles. The molecule has 3 aromatic rings. The highest BCUT2D eigenvalue weighted by atomic mass is 16.6. The van der Waals surface area contributed by atoms with Gasteiger partial charge >= 0.3 is 17.9 Å². The van der Waals surface area contributed by atoms with Gasteiger partial charge in [-0.25, -0.2) is 4.79 Å². The van der Waals surface area contributed by atoms with Crippen LogP contribution in [0.4, 0.5) is 5.69 Å². The molecule has 6 heterocycles. The van der Waals surface area contributed by atoms with E-state index in [-0.39, 0.29) is 12.0 Å². The van der Waals surface area contributed by atoms with Crippen LogP contribution in [0.3, 0.4) is 0 Å². The maximum Gasteiger partial charge on any atom is 0.344 e. The predicted octanol–water partition coefficient (Wildman–Crippen LogP) is 3.99. The topological polar surface area (TPSA) is 154 Å². The Kier molecular flexibility index (Phi) is 9.36. The number of esters is 3. The Hall–Kier alpha value is -4.43. The van der Waals surface area contributed by atoms with E-state index in [1.54, 1.807) is 7.11 Å². The first kappa shape index (κ1) is 40.0. The summed E-state index contributed by atoms with van der Waals surface area (Å²) in [6.07, 6.45) is 5.94. The van der Waals surface area contributed by atoms with Crippen molar-refractivity contribution < 1.29 is 43.5 Å². The second-order valence-electron chi connectivity index (χ2n) is 18.2. The van der Waals surface area contributed by atoms with E-state index in [0.717, 1.165) is 33.4 Å². The van der Waals surface area contributed by atoms with E-state index in [1.165, 1.54) is 21.1 Å². The maximum absolute atomic E-state index is 15.3. The molecule has 1 unspecified atom stereocenters. The number of likely N-dealkylation sites (N-methyl/N-ethyl adjacent to an activating group) is 1. The van der Waals surface area contributed by atoms with E-state index < -0.39 is 57.5 Å². The molecule has 1 spiro atoms. The number of benzene rings is 2. The summed E-state index contributed by atoms with van der Waals surface area (Å²) in [6, 6.07) is 11.0. The summed E-state index contributed by atoms with van der Waals surface area (Å²) in [5.41, 5.74) is -1.62. The molecule has 10 atom stereocenters. The molecule has 0 amide bonds. The third-order valence-electron chi connectivity index (χ3n) is 15.6. The molecule has 6 aliphatic rings. The minimum absolute atomic E-state index is 0.0986. The number of piperidine rings is 1. The smallest absolute Gasteiger partial charge is 0.344 e. The molecule has 13 heteroatoms. The molecule has 2 bridgehead atoms. The number of aromatic amines is 1. The number of hydrogen-bond acceptors (Lipinski definition) is 12. The second-order valence-corrected chi connectivity index (χ2v) is 18.2. The van der Waals surface area contributed by atoms with E-state index in [1.807, 2.05) is 50.1 Å². The van der Waals surface area contributed by atoms with Gasteiger partial charge in [-0.15, -0.1) is 0 Å². The Morgan fingerprint density at radius 2 is 1.71 bits per heavy atom. The molecular formula is C46H58N4O9. The molecule has 3 fully saturated rings. The molecule has 13 nitrogen and oxygen atoms in total. The average Bonchev–Trinajstić information content (AvgIpc) is 3.90. The number of rotatable bonds is 7. The van der Waals surface area contributed by atoms with Crippen molar-refractivity contribution in [3.63, 3.8) is 0 Å². The van der Waals surface area contributed by atoms with Crippen LogP contribution in [0.25, 0.3) is 10.9 Å². The lowest BCUT2D eigenvalue weighted by Crippen LogP contribution is -2.81. The average molecular weight is 811 g/mol. The number of aromatic nitrogens is 1. The molecule has 1 aromatic heterocycles. The van der Waals surface area contributed by atoms with E-state index in [4.69, 9.17) is 18.9 Å². The number of carbonyl (C=O) groups is 3. The minimum atomic E-state index is -2.30. The predicted molar refractivity (Wildman–Crippen MR) is 220 cm³/mol. The Labute approximate surface area is 345 Å². The number of para-hydroxylation sites is 1. The Morgan fingerprint density at radius 3 is 2.41 bits per heavy atom. The number of aliphatic hydroxyl groups is 2. The highest BCUT2D eigenvalue weighted by molar-refractivity contribution is 5.95. The summed E-state index contributed by atoms with van der Waals surface area (Å²) in [6.45, 7) is 8.62. The Balaban J connectivity index is 1.36. The van der Waals surface area contributed by atoms with Gasteiger partial charge in [-0.05, 0) is 74.2 Å². The number of nitrogens with zero attached hydrogens (tertiary/aromatic N) is 3. The van der Waals surface area contributed by atoms with Crippen LogP contribution in [0.5, 0.6) is 5.75 Å². The third kappa shape index (κ3) is 5.20. The quantitative estimate of drug-likeness (QED) is 0.180. The molecule has 5 aliphatic heterocycles. The van der Waals surface area contributed by atoms with Crippen molar-refractivity contribution in [1.29, 1.82) is 0 Å². The zero-order chi connectivity index (χ0) is 41.9. The highest BCUT2D eigenvalue weighted by Crippen LogP contribution is 2.68. The van der Waals surface area contributed by atoms with Crippen molar-refractivity contribution in [3.8, 4) is 5.75 Å². The van der Waals surface area contributed by atoms with Crippen molar-refractivity contribution in [2.24, 2.45) is 11.3 Å². The summed E-state index contributed by atoms with van der Waals surface area (Å²) >= 11 is 0. The lowest BCUT2D eigenvalue weighted by molar-refractivity contribution is -0.228. The van der Waals surface area contributed by atoms with E-state index in [2.05, 4.69) is 39.1 Å². The zero-order valence-electron chi connectivity index (χ0n) is 35.3. The fraction of sp³-hybridized carbons (Fsp3) is 0.587. The van der Waals surface area contributed by atoms with Crippen molar-refractivity contribution in [3.05, 3.63) is 70.9 Å². The standard InChI is InChI=1S/C46H58N4O9/c1-8-42(54)23-28-24-45(40(52)57-6,36-30(15-19-49(25-28)26-42)29-13-10-11-14-33(29)47-36)32-21-31-34(22-35(32)56-5)48(4)38-44(31)17-20-50-18-12-16-43(9-2,37(44)50)39(59-27(3)51)46(38,55)41(53)58-7/h10-14,16,21-22,28,37-39,47,54-55H,8-9,15,17-20,23-26H2,1-7H3/t28-,37-,38-,39-,42-,43-,44-,45+,46+/m1/s1. The number of fused-ring (bicyclic) bond motifs is 6. The highest BCUT2D eigenvalue weighted by Gasteiger charge is 2.80. The van der Waals surface area contributed by atoms with Crippen molar-refractivity contribution in [2.75, 3.05) is 66.0 Å². The largest absolute Gasteiger partial charge is 0.496 e. The number of methoxy groups -OCH3 is 3. The Bertz CT molecular complexity index is 2260. The normalized spacial score (nSPS) is 37.0. The fourth-order valence-corrected chi connectivity index (χ4v) is 13.5. The van der Waals surface area contributed by atoms with Gasteiger partial charge in [0.05, 0.1) is 33.0 Å². The number of H-pyrrole nitrogens is 1. The molecule has 3 N–H and O–H groups in total. The number of carbonyl (C=O) groups excluding carboxylic acids is 3.